The van der Waals surface area contributed by atoms with E-state index in [-0.39, 0.29) is 17.6 Å². The average molecular weight is 315 g/mol. The topological polar surface area (TPSA) is 55.6 Å². The lowest BCUT2D eigenvalue weighted by Crippen LogP contribution is -2.36. The molecule has 1 atom stereocenters. The molecule has 1 heterocycles. The first-order valence-electron chi connectivity index (χ1n) is 6.89. The average Bonchev–Trinajstić information content (AvgIpc) is 2.52. The molecule has 1 aliphatic heterocycles. The highest BCUT2D eigenvalue weighted by Crippen LogP contribution is 2.31. The summed E-state index contributed by atoms with van der Waals surface area (Å²) in [6.45, 7) is 5.91. The standard InChI is InChI=1S/C15H20ClFN2O2/c1-15(2,3)21-14(20)19-7-6-12(18)9-4-5-11(16)13(17)10(9)8-19/h4-5,12H,6-8,18H2,1-3H3/t12-/m0/s1. The lowest BCUT2D eigenvalue weighted by atomic mass is 10.00. The van der Waals surface area contributed by atoms with E-state index in [0.717, 1.165) is 0 Å². The maximum absolute atomic E-state index is 14.2. The molecule has 2 rings (SSSR count). The molecule has 1 aromatic carbocycles. The van der Waals surface area contributed by atoms with Gasteiger partial charge >= 0.3 is 6.09 Å². The van der Waals surface area contributed by atoms with Gasteiger partial charge in [-0.1, -0.05) is 17.7 Å². The number of nitrogens with two attached hydrogens (primary N) is 1. The van der Waals surface area contributed by atoms with Gasteiger partial charge in [0.05, 0.1) is 11.6 Å². The van der Waals surface area contributed by atoms with E-state index >= 15 is 0 Å². The number of nitrogens with zero attached hydrogens (tertiary/aromatic N) is 1. The normalized spacial score (nSPS) is 19.0. The first-order chi connectivity index (χ1) is 9.69. The third-order valence-corrected chi connectivity index (χ3v) is 3.63. The summed E-state index contributed by atoms with van der Waals surface area (Å²) in [7, 11) is 0. The Morgan fingerprint density at radius 2 is 2.14 bits per heavy atom. The van der Waals surface area contributed by atoms with E-state index in [0.29, 0.717) is 24.1 Å². The fourth-order valence-corrected chi connectivity index (χ4v) is 2.50. The molecule has 0 radical (unpaired) electrons. The minimum Gasteiger partial charge on any atom is -0.444 e. The number of hydrogen-bond acceptors (Lipinski definition) is 3. The molecule has 6 heteroatoms. The van der Waals surface area contributed by atoms with E-state index in [9.17, 15) is 9.18 Å². The van der Waals surface area contributed by atoms with Gasteiger partial charge in [-0.2, -0.15) is 0 Å². The lowest BCUT2D eigenvalue weighted by molar-refractivity contribution is 0.0233. The zero-order valence-electron chi connectivity index (χ0n) is 12.5. The van der Waals surface area contributed by atoms with Crippen molar-refractivity contribution >= 4 is 17.7 Å². The molecule has 1 amide bonds. The number of benzene rings is 1. The molecule has 0 spiro atoms. The van der Waals surface area contributed by atoms with Crippen molar-refractivity contribution in [3.63, 3.8) is 0 Å². The molecular weight excluding hydrogens is 295 g/mol. The zero-order valence-corrected chi connectivity index (χ0v) is 13.2. The number of fused-ring (bicyclic) bond motifs is 1. The first-order valence-corrected chi connectivity index (χ1v) is 7.27. The Kier molecular flexibility index (Phi) is 4.44. The van der Waals surface area contributed by atoms with Gasteiger partial charge in [0, 0.05) is 18.2 Å². The number of amides is 1. The second-order valence-electron chi connectivity index (χ2n) is 6.23. The van der Waals surface area contributed by atoms with Gasteiger partial charge in [-0.05, 0) is 38.8 Å². The molecule has 0 unspecified atom stereocenters. The second kappa shape index (κ2) is 5.81. The van der Waals surface area contributed by atoms with Gasteiger partial charge in [0.25, 0.3) is 0 Å². The largest absolute Gasteiger partial charge is 0.444 e. The predicted molar refractivity (Wildman–Crippen MR) is 79.6 cm³/mol. The Morgan fingerprint density at radius 3 is 2.76 bits per heavy atom. The van der Waals surface area contributed by atoms with Crippen LogP contribution in [0.2, 0.25) is 5.02 Å². The van der Waals surface area contributed by atoms with Gasteiger partial charge in [-0.25, -0.2) is 9.18 Å². The number of carbonyl (C=O) groups excluding carboxylic acids is 1. The Hall–Kier alpha value is -1.33. The fourth-order valence-electron chi connectivity index (χ4n) is 2.32. The van der Waals surface area contributed by atoms with Crippen LogP contribution in [0, 0.1) is 5.82 Å². The molecule has 0 fully saturated rings. The number of rotatable bonds is 0. The summed E-state index contributed by atoms with van der Waals surface area (Å²) in [6.07, 6.45) is 0.0785. The Labute approximate surface area is 129 Å². The van der Waals surface area contributed by atoms with Crippen molar-refractivity contribution in [3.05, 3.63) is 34.1 Å². The van der Waals surface area contributed by atoms with Crippen molar-refractivity contribution in [2.75, 3.05) is 6.54 Å². The molecule has 0 aliphatic carbocycles. The van der Waals surface area contributed by atoms with E-state index < -0.39 is 17.5 Å². The van der Waals surface area contributed by atoms with Gasteiger partial charge in [0.2, 0.25) is 0 Å². The van der Waals surface area contributed by atoms with Crippen LogP contribution < -0.4 is 5.73 Å². The van der Waals surface area contributed by atoms with Crippen LogP contribution in [0.1, 0.15) is 44.4 Å². The number of halogens is 2. The summed E-state index contributed by atoms with van der Waals surface area (Å²) in [5.41, 5.74) is 6.54. The van der Waals surface area contributed by atoms with Gasteiger partial charge in [-0.15, -0.1) is 0 Å². The second-order valence-corrected chi connectivity index (χ2v) is 6.63. The van der Waals surface area contributed by atoms with Crippen molar-refractivity contribution in [2.24, 2.45) is 5.73 Å². The van der Waals surface area contributed by atoms with Crippen LogP contribution in [-0.2, 0) is 11.3 Å². The Balaban J connectivity index is 2.30. The van der Waals surface area contributed by atoms with Crippen molar-refractivity contribution in [3.8, 4) is 0 Å². The number of carbonyl (C=O) groups is 1. The summed E-state index contributed by atoms with van der Waals surface area (Å²) in [4.78, 5) is 13.7. The molecule has 4 nitrogen and oxygen atoms in total. The molecule has 0 bridgehead atoms. The molecule has 2 N–H and O–H groups in total. The number of hydrogen-bond donors (Lipinski definition) is 1. The van der Waals surface area contributed by atoms with Gasteiger partial charge in [0.1, 0.15) is 11.4 Å². The third-order valence-electron chi connectivity index (χ3n) is 3.34. The van der Waals surface area contributed by atoms with Crippen molar-refractivity contribution in [2.45, 2.75) is 45.4 Å². The summed E-state index contributed by atoms with van der Waals surface area (Å²) in [5, 5.41) is 0.0342. The van der Waals surface area contributed by atoms with Crippen LogP contribution in [-0.4, -0.2) is 23.1 Å². The van der Waals surface area contributed by atoms with Crippen LogP contribution in [0.5, 0.6) is 0 Å². The molecule has 0 saturated heterocycles. The Bertz CT molecular complexity index is 557. The molecule has 21 heavy (non-hydrogen) atoms. The van der Waals surface area contributed by atoms with Crippen molar-refractivity contribution in [1.82, 2.24) is 4.90 Å². The van der Waals surface area contributed by atoms with Crippen molar-refractivity contribution < 1.29 is 13.9 Å². The molecule has 1 aromatic rings. The maximum atomic E-state index is 14.2. The zero-order chi connectivity index (χ0) is 15.8. The molecule has 1 aliphatic rings. The van der Waals surface area contributed by atoms with Crippen LogP contribution in [0.15, 0.2) is 12.1 Å². The molecule has 0 saturated carbocycles. The fraction of sp³-hybridized carbons (Fsp3) is 0.533. The minimum atomic E-state index is -0.596. The third kappa shape index (κ3) is 3.66. The maximum Gasteiger partial charge on any atom is 0.410 e. The van der Waals surface area contributed by atoms with Crippen LogP contribution in [0.25, 0.3) is 0 Å². The molecule has 116 valence electrons. The van der Waals surface area contributed by atoms with Crippen molar-refractivity contribution in [1.29, 1.82) is 0 Å². The van der Waals surface area contributed by atoms with Gasteiger partial charge in [-0.3, -0.25) is 0 Å². The van der Waals surface area contributed by atoms with Crippen LogP contribution >= 0.6 is 11.6 Å². The van der Waals surface area contributed by atoms with E-state index in [4.69, 9.17) is 22.1 Å². The SMILES string of the molecule is CC(C)(C)OC(=O)N1CC[C@H](N)c2ccc(Cl)c(F)c2C1. The predicted octanol–water partition coefficient (Wildman–Crippen LogP) is 3.62. The molecular formula is C15H20ClFN2O2. The number of ether oxygens (including phenoxy) is 1. The lowest BCUT2D eigenvalue weighted by Gasteiger charge is -2.26. The summed E-state index contributed by atoms with van der Waals surface area (Å²) < 4.78 is 19.6. The monoisotopic (exact) mass is 314 g/mol. The van der Waals surface area contributed by atoms with E-state index in [1.807, 2.05) is 0 Å². The van der Waals surface area contributed by atoms with Crippen LogP contribution in [0.3, 0.4) is 0 Å². The van der Waals surface area contributed by atoms with Gasteiger partial charge in [0.15, 0.2) is 0 Å². The van der Waals surface area contributed by atoms with E-state index in [2.05, 4.69) is 0 Å². The highest BCUT2D eigenvalue weighted by atomic mass is 35.5. The summed E-state index contributed by atoms with van der Waals surface area (Å²) in [5.74, 6) is -0.514. The van der Waals surface area contributed by atoms with Gasteiger partial charge < -0.3 is 15.4 Å². The smallest absolute Gasteiger partial charge is 0.410 e. The first kappa shape index (κ1) is 16.0. The highest BCUT2D eigenvalue weighted by molar-refractivity contribution is 6.30. The Morgan fingerprint density at radius 1 is 1.48 bits per heavy atom. The summed E-state index contributed by atoms with van der Waals surface area (Å²) >= 11 is 5.83. The van der Waals surface area contributed by atoms with E-state index in [1.54, 1.807) is 26.8 Å². The van der Waals surface area contributed by atoms with Crippen LogP contribution in [0.4, 0.5) is 9.18 Å². The summed E-state index contributed by atoms with van der Waals surface area (Å²) in [6, 6.07) is 2.90. The quantitative estimate of drug-likeness (QED) is 0.795. The molecule has 0 aromatic heterocycles. The highest BCUT2D eigenvalue weighted by Gasteiger charge is 2.29. The van der Waals surface area contributed by atoms with E-state index in [1.165, 1.54) is 11.0 Å². The minimum absolute atomic E-state index is 0.0342.